The molecule has 0 spiro atoms. The molecule has 7 nitrogen and oxygen atoms in total. The lowest BCUT2D eigenvalue weighted by molar-refractivity contribution is -0.149. The number of ether oxygens (including phenoxy) is 3. The number of aromatic nitrogens is 1. The Labute approximate surface area is 181 Å². The summed E-state index contributed by atoms with van der Waals surface area (Å²) in [5, 5.41) is 9.34. The monoisotopic (exact) mass is 425 g/mol. The molecule has 0 aliphatic carbocycles. The van der Waals surface area contributed by atoms with Crippen LogP contribution in [0.5, 0.6) is 11.5 Å². The molecule has 164 valence electrons. The van der Waals surface area contributed by atoms with Gasteiger partial charge in [0.1, 0.15) is 30.1 Å². The van der Waals surface area contributed by atoms with Gasteiger partial charge in [0.2, 0.25) is 5.89 Å². The van der Waals surface area contributed by atoms with Crippen molar-refractivity contribution in [3.63, 3.8) is 0 Å². The molecule has 0 saturated heterocycles. The van der Waals surface area contributed by atoms with E-state index in [9.17, 15) is 9.90 Å². The average molecular weight is 425 g/mol. The highest BCUT2D eigenvalue weighted by Crippen LogP contribution is 2.25. The van der Waals surface area contributed by atoms with E-state index in [1.54, 1.807) is 20.3 Å². The SMILES string of the molecule is CCOC(Cc1ccc(OCc2coc(-c3cccc(OC)c3)n2)cc1CC)C(=O)O. The molecule has 1 heterocycles. The number of methoxy groups -OCH3 is 1. The lowest BCUT2D eigenvalue weighted by atomic mass is 9.99. The van der Waals surface area contributed by atoms with Gasteiger partial charge in [-0.1, -0.05) is 19.1 Å². The highest BCUT2D eigenvalue weighted by atomic mass is 16.5. The number of aliphatic carboxylic acids is 1. The van der Waals surface area contributed by atoms with Crippen molar-refractivity contribution < 1.29 is 28.5 Å². The van der Waals surface area contributed by atoms with E-state index in [1.807, 2.05) is 49.4 Å². The fourth-order valence-corrected chi connectivity index (χ4v) is 3.26. The maximum Gasteiger partial charge on any atom is 0.333 e. The van der Waals surface area contributed by atoms with Crippen LogP contribution in [-0.2, 0) is 29.0 Å². The molecule has 0 bridgehead atoms. The normalized spacial score (nSPS) is 11.8. The van der Waals surface area contributed by atoms with Crippen molar-refractivity contribution in [2.24, 2.45) is 0 Å². The van der Waals surface area contributed by atoms with Crippen LogP contribution in [0.15, 0.2) is 53.1 Å². The van der Waals surface area contributed by atoms with Crippen LogP contribution in [0.4, 0.5) is 0 Å². The molecular formula is C24H27NO6. The summed E-state index contributed by atoms with van der Waals surface area (Å²) in [5.41, 5.74) is 3.46. The van der Waals surface area contributed by atoms with Crippen LogP contribution in [0.1, 0.15) is 30.7 Å². The fraction of sp³-hybridized carbons (Fsp3) is 0.333. The standard InChI is InChI=1S/C24H27NO6/c1-4-16-11-21(10-9-17(16)13-22(24(26)27)29-5-2)30-14-19-15-31-23(25-19)18-7-6-8-20(12-18)28-3/h6-12,15,22H,4-5,13-14H2,1-3H3,(H,26,27). The molecule has 1 aromatic heterocycles. The molecule has 7 heteroatoms. The molecule has 1 N–H and O–H groups in total. The van der Waals surface area contributed by atoms with Gasteiger partial charge < -0.3 is 23.7 Å². The lowest BCUT2D eigenvalue weighted by Crippen LogP contribution is -2.26. The third-order valence-electron chi connectivity index (χ3n) is 4.86. The predicted octanol–water partition coefficient (Wildman–Crippen LogP) is 4.52. The summed E-state index contributed by atoms with van der Waals surface area (Å²) >= 11 is 0. The van der Waals surface area contributed by atoms with Crippen LogP contribution >= 0.6 is 0 Å². The predicted molar refractivity (Wildman–Crippen MR) is 115 cm³/mol. The van der Waals surface area contributed by atoms with E-state index in [1.165, 1.54) is 0 Å². The Bertz CT molecular complexity index is 1010. The summed E-state index contributed by atoms with van der Waals surface area (Å²) in [7, 11) is 1.61. The van der Waals surface area contributed by atoms with Gasteiger partial charge in [0.05, 0.1) is 7.11 Å². The molecule has 3 aromatic rings. The molecule has 0 amide bonds. The van der Waals surface area contributed by atoms with E-state index in [4.69, 9.17) is 18.6 Å². The number of aryl methyl sites for hydroxylation is 1. The highest BCUT2D eigenvalue weighted by molar-refractivity contribution is 5.72. The van der Waals surface area contributed by atoms with Gasteiger partial charge in [0, 0.05) is 18.6 Å². The molecule has 2 aromatic carbocycles. The minimum Gasteiger partial charge on any atom is -0.497 e. The second-order valence-electron chi connectivity index (χ2n) is 6.94. The van der Waals surface area contributed by atoms with Gasteiger partial charge >= 0.3 is 5.97 Å². The van der Waals surface area contributed by atoms with Gasteiger partial charge in [0.15, 0.2) is 6.10 Å². The average Bonchev–Trinajstić information content (AvgIpc) is 3.27. The Morgan fingerprint density at radius 1 is 1.13 bits per heavy atom. The van der Waals surface area contributed by atoms with E-state index in [0.717, 1.165) is 28.9 Å². The molecule has 0 aliphatic rings. The van der Waals surface area contributed by atoms with Crippen molar-refractivity contribution in [2.75, 3.05) is 13.7 Å². The van der Waals surface area contributed by atoms with Crippen LogP contribution in [0.3, 0.4) is 0 Å². The van der Waals surface area contributed by atoms with Crippen molar-refractivity contribution in [3.05, 3.63) is 65.5 Å². The maximum absolute atomic E-state index is 11.4. The summed E-state index contributed by atoms with van der Waals surface area (Å²) in [6.45, 7) is 4.43. The van der Waals surface area contributed by atoms with E-state index >= 15 is 0 Å². The van der Waals surface area contributed by atoms with E-state index < -0.39 is 12.1 Å². The number of rotatable bonds is 11. The number of carboxylic acids is 1. The summed E-state index contributed by atoms with van der Waals surface area (Å²) in [6.07, 6.45) is 1.80. The summed E-state index contributed by atoms with van der Waals surface area (Å²) in [5.74, 6) is 0.963. The zero-order valence-corrected chi connectivity index (χ0v) is 18.0. The molecule has 3 rings (SSSR count). The third kappa shape index (κ3) is 5.86. The number of hydrogen-bond acceptors (Lipinski definition) is 6. The zero-order chi connectivity index (χ0) is 22.2. The van der Waals surface area contributed by atoms with Crippen molar-refractivity contribution >= 4 is 5.97 Å². The summed E-state index contributed by atoms with van der Waals surface area (Å²) in [6, 6.07) is 13.2. The minimum atomic E-state index is -0.956. The van der Waals surface area contributed by atoms with E-state index in [2.05, 4.69) is 4.98 Å². The topological polar surface area (TPSA) is 91.0 Å². The number of carbonyl (C=O) groups is 1. The second-order valence-corrected chi connectivity index (χ2v) is 6.94. The van der Waals surface area contributed by atoms with Crippen LogP contribution < -0.4 is 9.47 Å². The smallest absolute Gasteiger partial charge is 0.333 e. The number of carboxylic acid groups (broad SMARTS) is 1. The molecular weight excluding hydrogens is 398 g/mol. The Morgan fingerprint density at radius 3 is 2.68 bits per heavy atom. The minimum absolute atomic E-state index is 0.257. The lowest BCUT2D eigenvalue weighted by Gasteiger charge is -2.16. The third-order valence-corrected chi connectivity index (χ3v) is 4.86. The Morgan fingerprint density at radius 2 is 1.97 bits per heavy atom. The number of oxazole rings is 1. The van der Waals surface area contributed by atoms with Crippen LogP contribution in [0, 0.1) is 0 Å². The first kappa shape index (κ1) is 22.4. The molecule has 31 heavy (non-hydrogen) atoms. The van der Waals surface area contributed by atoms with Gasteiger partial charge in [-0.2, -0.15) is 0 Å². The van der Waals surface area contributed by atoms with Crippen molar-refractivity contribution in [1.29, 1.82) is 0 Å². The van der Waals surface area contributed by atoms with E-state index in [-0.39, 0.29) is 6.61 Å². The molecule has 0 aliphatic heterocycles. The van der Waals surface area contributed by atoms with E-state index in [0.29, 0.717) is 30.4 Å². The Kier molecular flexibility index (Phi) is 7.67. The Hall–Kier alpha value is -3.32. The van der Waals surface area contributed by atoms with Crippen LogP contribution in [-0.4, -0.2) is 35.9 Å². The van der Waals surface area contributed by atoms with Crippen LogP contribution in [0.25, 0.3) is 11.5 Å². The quantitative estimate of drug-likeness (QED) is 0.483. The van der Waals surface area contributed by atoms with Gasteiger partial charge in [-0.15, -0.1) is 0 Å². The van der Waals surface area contributed by atoms with Gasteiger partial charge in [0.25, 0.3) is 0 Å². The first-order valence-electron chi connectivity index (χ1n) is 10.2. The maximum atomic E-state index is 11.4. The highest BCUT2D eigenvalue weighted by Gasteiger charge is 2.19. The second kappa shape index (κ2) is 10.6. The Balaban J connectivity index is 1.67. The van der Waals surface area contributed by atoms with Crippen LogP contribution in [0.2, 0.25) is 0 Å². The van der Waals surface area contributed by atoms with Crippen molar-refractivity contribution in [1.82, 2.24) is 4.98 Å². The number of nitrogens with zero attached hydrogens (tertiary/aromatic N) is 1. The number of hydrogen-bond donors (Lipinski definition) is 1. The van der Waals surface area contributed by atoms with Crippen molar-refractivity contribution in [2.45, 2.75) is 39.4 Å². The zero-order valence-electron chi connectivity index (χ0n) is 18.0. The van der Waals surface area contributed by atoms with Gasteiger partial charge in [-0.25, -0.2) is 9.78 Å². The molecule has 0 saturated carbocycles. The molecule has 1 atom stereocenters. The first-order valence-corrected chi connectivity index (χ1v) is 10.2. The molecule has 1 unspecified atom stereocenters. The molecule has 0 fully saturated rings. The fourth-order valence-electron chi connectivity index (χ4n) is 3.26. The largest absolute Gasteiger partial charge is 0.497 e. The summed E-state index contributed by atoms with van der Waals surface area (Å²) < 4.78 is 22.0. The first-order chi connectivity index (χ1) is 15.0. The number of benzene rings is 2. The van der Waals surface area contributed by atoms with Gasteiger partial charge in [-0.05, 0) is 54.8 Å². The molecule has 0 radical (unpaired) electrons. The van der Waals surface area contributed by atoms with Gasteiger partial charge in [-0.3, -0.25) is 0 Å². The summed E-state index contributed by atoms with van der Waals surface area (Å²) in [4.78, 5) is 15.9. The van der Waals surface area contributed by atoms with Crippen molar-refractivity contribution in [3.8, 4) is 23.0 Å².